The maximum atomic E-state index is 4.86. The molecule has 0 radical (unpaired) electrons. The van der Waals surface area contributed by atoms with E-state index in [0.29, 0.717) is 0 Å². The number of hydrogen-bond acceptors (Lipinski definition) is 0. The van der Waals surface area contributed by atoms with Crippen molar-refractivity contribution in [2.75, 3.05) is 26.2 Å². The average Bonchev–Trinajstić information content (AvgIpc) is 2.46. The normalized spacial score (nSPS) is 11.3. The topological polar surface area (TPSA) is 0 Å². The van der Waals surface area contributed by atoms with E-state index < -0.39 is 0 Å². The minimum atomic E-state index is -0.389. The van der Waals surface area contributed by atoms with Gasteiger partial charge in [0.15, 0.2) is 0 Å². The summed E-state index contributed by atoms with van der Waals surface area (Å²) in [5.74, 6) is 0. The van der Waals surface area contributed by atoms with Crippen molar-refractivity contribution in [3.63, 3.8) is 0 Å². The Balaban J connectivity index is 0. The fourth-order valence-corrected chi connectivity index (χ4v) is 2.64. The Kier molecular flexibility index (Phi) is 21.6. The fraction of sp³-hybridized carbons (Fsp3) is 1.00. The molecule has 0 N–H and O–H groups in total. The van der Waals surface area contributed by atoms with Crippen molar-refractivity contribution in [1.82, 2.24) is 0 Å². The molecule has 0 aliphatic heterocycles. The van der Waals surface area contributed by atoms with Gasteiger partial charge in [0.1, 0.15) is 0 Å². The van der Waals surface area contributed by atoms with Crippen LogP contribution in [0.3, 0.4) is 0 Å². The van der Waals surface area contributed by atoms with Gasteiger partial charge in [-0.3, -0.25) is 0 Å². The van der Waals surface area contributed by atoms with Crippen LogP contribution < -0.4 is 0 Å². The van der Waals surface area contributed by atoms with Crippen molar-refractivity contribution in [2.45, 2.75) is 79.1 Å². The Bertz CT molecular complexity index is 142. The van der Waals surface area contributed by atoms with Crippen LogP contribution in [0.25, 0.3) is 0 Å². The molecule has 0 fully saturated rings. The van der Waals surface area contributed by atoms with Gasteiger partial charge in [-0.2, -0.15) is 0 Å². The third kappa shape index (κ3) is 14.2. The first-order chi connectivity index (χ1) is 9.66. The summed E-state index contributed by atoms with van der Waals surface area (Å²) < 4.78 is 1.42. The summed E-state index contributed by atoms with van der Waals surface area (Å²) in [6.45, 7) is 15.0. The summed E-state index contributed by atoms with van der Waals surface area (Å²) in [4.78, 5) is 0. The third-order valence-electron chi connectivity index (χ3n) is 3.94. The van der Waals surface area contributed by atoms with Gasteiger partial charge >= 0.3 is 36.0 Å². The van der Waals surface area contributed by atoms with Crippen LogP contribution in [0.1, 0.15) is 79.1 Å². The molecule has 0 rings (SSSR count). The Labute approximate surface area is 145 Å². The van der Waals surface area contributed by atoms with E-state index in [1.807, 2.05) is 0 Å². The molecule has 0 atom stereocenters. The monoisotopic (exact) mass is 509 g/mol. The zero-order valence-electron chi connectivity index (χ0n) is 14.0. The molecule has 0 aromatic rings. The number of nitrogens with zero attached hydrogens (tertiary/aromatic N) is 1. The maximum absolute atomic E-state index is 4.86. The average molecular weight is 510 g/mol. The summed E-state index contributed by atoms with van der Waals surface area (Å²) in [5.41, 5.74) is 0. The van der Waals surface area contributed by atoms with Gasteiger partial charge in [-0.05, 0) is 25.7 Å². The molecule has 0 spiro atoms. The van der Waals surface area contributed by atoms with E-state index in [2.05, 4.69) is 27.7 Å². The Morgan fingerprint density at radius 1 is 0.600 bits per heavy atom. The van der Waals surface area contributed by atoms with Crippen molar-refractivity contribution < 1.29 is 22.1 Å². The zero-order chi connectivity index (χ0) is 15.7. The van der Waals surface area contributed by atoms with Crippen LogP contribution >= 0.6 is 18.4 Å². The number of unbranched alkanes of at least 4 members (excludes halogenated alkanes) is 4. The van der Waals surface area contributed by atoms with Gasteiger partial charge in [-0.25, -0.2) is 0 Å². The van der Waals surface area contributed by atoms with E-state index in [9.17, 15) is 0 Å². The van der Waals surface area contributed by atoms with Gasteiger partial charge < -0.3 is 4.48 Å². The van der Waals surface area contributed by atoms with Gasteiger partial charge in [0.25, 0.3) is 0 Å². The second-order valence-corrected chi connectivity index (χ2v) is 8.82. The molecule has 0 aliphatic carbocycles. The molecule has 0 unspecified atom stereocenters. The summed E-state index contributed by atoms with van der Waals surface area (Å²) >= 11 is -0.389. The Morgan fingerprint density at radius 2 is 0.800 bits per heavy atom. The molecule has 130 valence electrons. The zero-order valence-corrected chi connectivity index (χ0v) is 17.7. The minimum absolute atomic E-state index is 0.389. The Hall–Kier alpha value is 1.28. The molecule has 4 heteroatoms. The summed E-state index contributed by atoms with van der Waals surface area (Å²) in [6, 6.07) is 0. The third-order valence-corrected chi connectivity index (χ3v) is 3.94. The van der Waals surface area contributed by atoms with E-state index >= 15 is 0 Å². The molecule has 20 heavy (non-hydrogen) atoms. The second kappa shape index (κ2) is 18.3. The van der Waals surface area contributed by atoms with E-state index in [1.165, 1.54) is 82.0 Å². The van der Waals surface area contributed by atoms with Crippen LogP contribution in [-0.4, -0.2) is 30.7 Å². The standard InChI is InChI=1S/C16H36N.Au.2ClH/c1-5-9-13-17(14-10-6-2,15-11-7-3)16-12-8-4;;;/h5-16H2,1-4H3;;2*1H/q2*+1;;/p-2. The Morgan fingerprint density at radius 3 is 0.950 bits per heavy atom. The van der Waals surface area contributed by atoms with Gasteiger partial charge in [0, 0.05) is 0 Å². The van der Waals surface area contributed by atoms with E-state index in [1.54, 1.807) is 0 Å². The predicted molar refractivity (Wildman–Crippen MR) is 91.1 cm³/mol. The van der Waals surface area contributed by atoms with Gasteiger partial charge in [0.2, 0.25) is 0 Å². The molecule has 0 aliphatic rings. The second-order valence-electron chi connectivity index (χ2n) is 5.69. The van der Waals surface area contributed by atoms with Crippen molar-refractivity contribution in [1.29, 1.82) is 0 Å². The van der Waals surface area contributed by atoms with Gasteiger partial charge in [0.05, 0.1) is 26.2 Å². The summed E-state index contributed by atoms with van der Waals surface area (Å²) in [5, 5.41) is 0. The molecule has 0 bridgehead atoms. The summed E-state index contributed by atoms with van der Waals surface area (Å²) in [7, 11) is 9.72. The van der Waals surface area contributed by atoms with E-state index in [0.717, 1.165) is 0 Å². The van der Waals surface area contributed by atoms with Crippen LogP contribution in [0.5, 0.6) is 0 Å². The first kappa shape index (κ1) is 23.5. The number of hydrogen-bond donors (Lipinski definition) is 0. The molecule has 0 saturated carbocycles. The summed E-state index contributed by atoms with van der Waals surface area (Å²) in [6.07, 6.45) is 11.1. The predicted octanol–water partition coefficient (Wildman–Crippen LogP) is 6.38. The van der Waals surface area contributed by atoms with Gasteiger partial charge in [-0.15, -0.1) is 0 Å². The van der Waals surface area contributed by atoms with Crippen molar-refractivity contribution in [3.8, 4) is 0 Å². The number of rotatable bonds is 12. The van der Waals surface area contributed by atoms with E-state index in [4.69, 9.17) is 18.4 Å². The molecular formula is C16H36AuCl2N. The van der Waals surface area contributed by atoms with Crippen molar-refractivity contribution >= 4 is 18.4 Å². The molecular weight excluding hydrogens is 474 g/mol. The van der Waals surface area contributed by atoms with Gasteiger partial charge in [-0.1, -0.05) is 53.4 Å². The molecule has 0 aromatic carbocycles. The molecule has 0 aromatic heterocycles. The molecule has 0 saturated heterocycles. The number of halogens is 2. The van der Waals surface area contributed by atoms with Crippen LogP contribution in [0.2, 0.25) is 0 Å². The number of quaternary nitrogens is 1. The van der Waals surface area contributed by atoms with Crippen LogP contribution in [0.15, 0.2) is 0 Å². The van der Waals surface area contributed by atoms with Crippen LogP contribution in [-0.2, 0) is 17.6 Å². The molecule has 0 heterocycles. The SMILES string of the molecule is CCCC[N+](CCCC)(CCCC)CCCC.[Cl][Au-][Cl]. The van der Waals surface area contributed by atoms with Crippen LogP contribution in [0, 0.1) is 0 Å². The molecule has 1 nitrogen and oxygen atoms in total. The first-order valence-electron chi connectivity index (χ1n) is 8.32. The molecule has 0 amide bonds. The van der Waals surface area contributed by atoms with E-state index in [-0.39, 0.29) is 17.6 Å². The fourth-order valence-electron chi connectivity index (χ4n) is 2.64. The van der Waals surface area contributed by atoms with Crippen LogP contribution in [0.4, 0.5) is 0 Å². The van der Waals surface area contributed by atoms with Crippen molar-refractivity contribution in [3.05, 3.63) is 0 Å². The van der Waals surface area contributed by atoms with Crippen molar-refractivity contribution in [2.24, 2.45) is 0 Å². The quantitative estimate of drug-likeness (QED) is 0.211. The first-order valence-corrected chi connectivity index (χ1v) is 13.7.